The molecule has 1 aromatic carbocycles. The molecule has 0 radical (unpaired) electrons. The molecule has 3 N–H and O–H groups in total. The molecule has 4 aromatic rings. The van der Waals surface area contributed by atoms with Gasteiger partial charge in [0.05, 0.1) is 29.1 Å². The smallest absolute Gasteiger partial charge is 0.139 e. The number of aromatic nitrogens is 4. The van der Waals surface area contributed by atoms with E-state index in [1.807, 2.05) is 12.3 Å². The molecule has 1 saturated carbocycles. The average Bonchev–Trinajstić information content (AvgIpc) is 3.20. The number of aromatic hydroxyl groups is 1. The van der Waals surface area contributed by atoms with Crippen LogP contribution in [-0.4, -0.2) is 43.9 Å². The van der Waals surface area contributed by atoms with E-state index in [1.165, 1.54) is 11.6 Å². The lowest BCUT2D eigenvalue weighted by Crippen LogP contribution is -2.45. The molecule has 3 aromatic heterocycles. The number of phenols is 1. The Morgan fingerprint density at radius 1 is 1.14 bits per heavy atom. The van der Waals surface area contributed by atoms with Crippen LogP contribution in [0.25, 0.3) is 16.8 Å². The third-order valence-electron chi connectivity index (χ3n) is 6.94. The second-order valence-electron chi connectivity index (χ2n) is 9.28. The Bertz CT molecular complexity index is 1340. The molecule has 1 fully saturated rings. The van der Waals surface area contributed by atoms with Gasteiger partial charge in [0.1, 0.15) is 23.2 Å². The van der Waals surface area contributed by atoms with Crippen molar-refractivity contribution in [3.05, 3.63) is 77.5 Å². The molecule has 1 aliphatic carbocycles. The number of fused-ring (bicyclic) bond motifs is 1. The molecule has 3 heterocycles. The summed E-state index contributed by atoms with van der Waals surface area (Å²) in [5.41, 5.74) is 9.11. The minimum atomic E-state index is -0.886. The molecule has 5 rings (SSSR count). The van der Waals surface area contributed by atoms with Crippen molar-refractivity contribution < 1.29 is 18.6 Å². The zero-order chi connectivity index (χ0) is 24.7. The SMILES string of the molecule is CO[C@H]1[C@H](N)C[C@H](c2ccncc2Cc2ncc3ccc(-c4c(F)cc(O)cc4F)nn23)C[C@@H]1C. The van der Waals surface area contributed by atoms with Crippen molar-refractivity contribution in [2.24, 2.45) is 11.7 Å². The molecule has 35 heavy (non-hydrogen) atoms. The van der Waals surface area contributed by atoms with Crippen LogP contribution in [-0.2, 0) is 11.2 Å². The maximum atomic E-state index is 14.5. The van der Waals surface area contributed by atoms with Gasteiger partial charge in [-0.05, 0) is 54.0 Å². The highest BCUT2D eigenvalue weighted by molar-refractivity contribution is 5.63. The number of hydrogen-bond acceptors (Lipinski definition) is 6. The number of halogens is 2. The first-order valence-corrected chi connectivity index (χ1v) is 11.6. The van der Waals surface area contributed by atoms with Crippen molar-refractivity contribution in [3.8, 4) is 17.0 Å². The normalized spacial score (nSPS) is 22.5. The Morgan fingerprint density at radius 3 is 2.63 bits per heavy atom. The van der Waals surface area contributed by atoms with E-state index in [2.05, 4.69) is 22.0 Å². The number of imidazole rings is 1. The zero-order valence-electron chi connectivity index (χ0n) is 19.5. The maximum Gasteiger partial charge on any atom is 0.139 e. The molecule has 9 heteroatoms. The van der Waals surface area contributed by atoms with E-state index >= 15 is 0 Å². The van der Waals surface area contributed by atoms with E-state index in [-0.39, 0.29) is 29.3 Å². The second-order valence-corrected chi connectivity index (χ2v) is 9.28. The lowest BCUT2D eigenvalue weighted by atomic mass is 9.74. The highest BCUT2D eigenvalue weighted by Gasteiger charge is 2.35. The fraction of sp³-hybridized carbons (Fsp3) is 0.346. The molecule has 7 nitrogen and oxygen atoms in total. The van der Waals surface area contributed by atoms with E-state index in [4.69, 9.17) is 10.5 Å². The topological polar surface area (TPSA) is 98.6 Å². The van der Waals surface area contributed by atoms with Crippen molar-refractivity contribution in [3.63, 3.8) is 0 Å². The Labute approximate surface area is 201 Å². The minimum absolute atomic E-state index is 0.0380. The van der Waals surface area contributed by atoms with Crippen LogP contribution in [0.15, 0.2) is 48.9 Å². The molecule has 0 spiro atoms. The Morgan fingerprint density at radius 2 is 1.91 bits per heavy atom. The molecule has 0 aliphatic heterocycles. The van der Waals surface area contributed by atoms with Crippen LogP contribution >= 0.6 is 0 Å². The third-order valence-corrected chi connectivity index (χ3v) is 6.94. The van der Waals surface area contributed by atoms with Crippen LogP contribution in [0.1, 0.15) is 42.6 Å². The van der Waals surface area contributed by atoms with Gasteiger partial charge >= 0.3 is 0 Å². The molecule has 1 aliphatic rings. The molecule has 0 saturated heterocycles. The summed E-state index contributed by atoms with van der Waals surface area (Å²) in [5, 5.41) is 13.9. The largest absolute Gasteiger partial charge is 0.508 e. The van der Waals surface area contributed by atoms with Crippen LogP contribution in [0.3, 0.4) is 0 Å². The standard InChI is InChI=1S/C26H27F2N5O2/c1-14-7-15(8-22(29)26(14)35-2)19-5-6-30-12-16(19)9-24-31-13-17-3-4-23(32-33(17)24)25-20(27)10-18(34)11-21(25)28/h3-6,10-15,22,26,34H,7-9,29H2,1-2H3/t14-,15+,22+,26+/m0/s1. The molecule has 0 bridgehead atoms. The molecular formula is C26H27F2N5O2. The van der Waals surface area contributed by atoms with Crippen molar-refractivity contribution in [2.75, 3.05) is 7.11 Å². The van der Waals surface area contributed by atoms with Crippen molar-refractivity contribution >= 4 is 5.52 Å². The van der Waals surface area contributed by atoms with Crippen LogP contribution in [0.2, 0.25) is 0 Å². The van der Waals surface area contributed by atoms with Crippen molar-refractivity contribution in [1.29, 1.82) is 0 Å². The molecule has 0 amide bonds. The number of benzene rings is 1. The van der Waals surface area contributed by atoms with E-state index in [0.29, 0.717) is 23.7 Å². The fourth-order valence-corrected chi connectivity index (χ4v) is 5.37. The summed E-state index contributed by atoms with van der Waals surface area (Å²) in [5.74, 6) is -1.05. The predicted molar refractivity (Wildman–Crippen MR) is 127 cm³/mol. The van der Waals surface area contributed by atoms with Crippen molar-refractivity contribution in [1.82, 2.24) is 19.6 Å². The van der Waals surface area contributed by atoms with Crippen LogP contribution in [0, 0.1) is 17.6 Å². The third kappa shape index (κ3) is 4.37. The molecule has 182 valence electrons. The van der Waals surface area contributed by atoms with Gasteiger partial charge in [-0.25, -0.2) is 18.3 Å². The number of nitrogens with zero attached hydrogens (tertiary/aromatic N) is 4. The summed E-state index contributed by atoms with van der Waals surface area (Å²) in [4.78, 5) is 8.86. The summed E-state index contributed by atoms with van der Waals surface area (Å²) in [7, 11) is 1.71. The van der Waals surface area contributed by atoms with Gasteiger partial charge in [0.2, 0.25) is 0 Å². The number of methoxy groups -OCH3 is 1. The first-order chi connectivity index (χ1) is 16.9. The maximum absolute atomic E-state index is 14.5. The van der Waals surface area contributed by atoms with E-state index in [0.717, 1.165) is 30.5 Å². The first-order valence-electron chi connectivity index (χ1n) is 11.6. The van der Waals surface area contributed by atoms with E-state index in [9.17, 15) is 13.9 Å². The van der Waals surface area contributed by atoms with Crippen LogP contribution in [0.4, 0.5) is 8.78 Å². The highest BCUT2D eigenvalue weighted by atomic mass is 19.1. The monoisotopic (exact) mass is 479 g/mol. The Kier molecular flexibility index (Phi) is 6.21. The molecule has 4 atom stereocenters. The average molecular weight is 480 g/mol. The molecule has 0 unspecified atom stereocenters. The highest BCUT2D eigenvalue weighted by Crippen LogP contribution is 2.38. The second kappa shape index (κ2) is 9.31. The van der Waals surface area contributed by atoms with Crippen molar-refractivity contribution in [2.45, 2.75) is 44.2 Å². The minimum Gasteiger partial charge on any atom is -0.508 e. The summed E-state index contributed by atoms with van der Waals surface area (Å²) in [6.45, 7) is 2.16. The van der Waals surface area contributed by atoms with Gasteiger partial charge < -0.3 is 15.6 Å². The summed E-state index contributed by atoms with van der Waals surface area (Å²) in [6, 6.07) is 6.95. The quantitative estimate of drug-likeness (QED) is 0.445. The number of pyridine rings is 1. The number of ether oxygens (including phenoxy) is 1. The van der Waals surface area contributed by atoms with Crippen LogP contribution < -0.4 is 5.73 Å². The lowest BCUT2D eigenvalue weighted by molar-refractivity contribution is 0.00970. The lowest BCUT2D eigenvalue weighted by Gasteiger charge is -2.38. The van der Waals surface area contributed by atoms with Gasteiger partial charge in [0, 0.05) is 44.1 Å². The number of phenolic OH excluding ortho intramolecular Hbond substituents is 1. The van der Waals surface area contributed by atoms with Gasteiger partial charge in [0.15, 0.2) is 0 Å². The number of nitrogens with two attached hydrogens (primary N) is 1. The fourth-order valence-electron chi connectivity index (χ4n) is 5.37. The number of rotatable bonds is 5. The predicted octanol–water partition coefficient (Wildman–Crippen LogP) is 4.22. The van der Waals surface area contributed by atoms with Gasteiger partial charge in [-0.3, -0.25) is 4.98 Å². The summed E-state index contributed by atoms with van der Waals surface area (Å²) >= 11 is 0. The summed E-state index contributed by atoms with van der Waals surface area (Å²) < 4.78 is 36.1. The van der Waals surface area contributed by atoms with Gasteiger partial charge in [0.25, 0.3) is 0 Å². The summed E-state index contributed by atoms with van der Waals surface area (Å²) in [6.07, 6.45) is 7.54. The van der Waals surface area contributed by atoms with E-state index < -0.39 is 17.4 Å². The Balaban J connectivity index is 1.49. The van der Waals surface area contributed by atoms with Gasteiger partial charge in [-0.1, -0.05) is 6.92 Å². The molecular weight excluding hydrogens is 452 g/mol. The van der Waals surface area contributed by atoms with Gasteiger partial charge in [-0.2, -0.15) is 5.10 Å². The van der Waals surface area contributed by atoms with Crippen LogP contribution in [0.5, 0.6) is 5.75 Å². The zero-order valence-corrected chi connectivity index (χ0v) is 19.5. The first kappa shape index (κ1) is 23.3. The Hall–Kier alpha value is -3.43. The number of hydrogen-bond donors (Lipinski definition) is 2. The van der Waals surface area contributed by atoms with Gasteiger partial charge in [-0.15, -0.1) is 0 Å². The van der Waals surface area contributed by atoms with E-state index in [1.54, 1.807) is 30.1 Å².